The van der Waals surface area contributed by atoms with Crippen molar-refractivity contribution >= 4 is 17.3 Å². The van der Waals surface area contributed by atoms with E-state index in [4.69, 9.17) is 16.3 Å². The van der Waals surface area contributed by atoms with Crippen LogP contribution in [0.25, 0.3) is 0 Å². The standard InChI is InChI=1S/C13H18ClNO/c1-8-7-13(2,3)15-11-6-12(16-4)10(14)5-9(8)11/h5-6,8,15H,7H2,1-4H3. The normalized spacial score (nSPS) is 22.2. The number of rotatable bonds is 1. The van der Waals surface area contributed by atoms with Gasteiger partial charge < -0.3 is 10.1 Å². The Morgan fingerprint density at radius 3 is 2.75 bits per heavy atom. The maximum absolute atomic E-state index is 6.14. The molecule has 0 aliphatic carbocycles. The Labute approximate surface area is 102 Å². The zero-order valence-electron chi connectivity index (χ0n) is 10.2. The first-order valence-electron chi connectivity index (χ1n) is 5.58. The van der Waals surface area contributed by atoms with Crippen LogP contribution in [0.15, 0.2) is 12.1 Å². The summed E-state index contributed by atoms with van der Waals surface area (Å²) in [6.45, 7) is 6.67. The SMILES string of the molecule is COc1cc2c(cc1Cl)C(C)CC(C)(C)N2. The fraction of sp³-hybridized carbons (Fsp3) is 0.538. The van der Waals surface area contributed by atoms with Gasteiger partial charge in [-0.05, 0) is 37.8 Å². The molecule has 16 heavy (non-hydrogen) atoms. The third-order valence-electron chi connectivity index (χ3n) is 3.14. The summed E-state index contributed by atoms with van der Waals surface area (Å²) in [6.07, 6.45) is 1.11. The molecule has 0 bridgehead atoms. The van der Waals surface area contributed by atoms with Crippen LogP contribution < -0.4 is 10.1 Å². The molecule has 1 aromatic carbocycles. The molecule has 2 nitrogen and oxygen atoms in total. The van der Waals surface area contributed by atoms with E-state index in [9.17, 15) is 0 Å². The maximum atomic E-state index is 6.14. The number of hydrogen-bond acceptors (Lipinski definition) is 2. The number of halogens is 1. The number of fused-ring (bicyclic) bond motifs is 1. The van der Waals surface area contributed by atoms with Crippen LogP contribution in [0.3, 0.4) is 0 Å². The minimum Gasteiger partial charge on any atom is -0.495 e. The second kappa shape index (κ2) is 3.85. The third-order valence-corrected chi connectivity index (χ3v) is 3.44. The minimum absolute atomic E-state index is 0.130. The predicted octanol–water partition coefficient (Wildman–Crippen LogP) is 4.05. The summed E-state index contributed by atoms with van der Waals surface area (Å²) in [6, 6.07) is 4.01. The zero-order valence-corrected chi connectivity index (χ0v) is 11.0. The largest absolute Gasteiger partial charge is 0.495 e. The number of hydrogen-bond donors (Lipinski definition) is 1. The van der Waals surface area contributed by atoms with Crippen LogP contribution in [0.2, 0.25) is 5.02 Å². The quantitative estimate of drug-likeness (QED) is 0.799. The molecule has 0 saturated heterocycles. The van der Waals surface area contributed by atoms with Gasteiger partial charge in [0, 0.05) is 17.3 Å². The van der Waals surface area contributed by atoms with Crippen molar-refractivity contribution in [2.75, 3.05) is 12.4 Å². The van der Waals surface area contributed by atoms with Crippen molar-refractivity contribution in [3.63, 3.8) is 0 Å². The smallest absolute Gasteiger partial charge is 0.139 e. The first-order chi connectivity index (χ1) is 7.43. The van der Waals surface area contributed by atoms with Crippen LogP contribution in [-0.4, -0.2) is 12.6 Å². The fourth-order valence-electron chi connectivity index (χ4n) is 2.53. The molecule has 1 heterocycles. The van der Waals surface area contributed by atoms with E-state index in [0.717, 1.165) is 17.9 Å². The van der Waals surface area contributed by atoms with Gasteiger partial charge in [0.1, 0.15) is 5.75 Å². The predicted molar refractivity (Wildman–Crippen MR) is 68.7 cm³/mol. The van der Waals surface area contributed by atoms with Crippen molar-refractivity contribution in [1.29, 1.82) is 0 Å². The molecule has 2 rings (SSSR count). The number of ether oxygens (including phenoxy) is 1. The Morgan fingerprint density at radius 1 is 1.44 bits per heavy atom. The first kappa shape index (κ1) is 11.6. The van der Waals surface area contributed by atoms with Gasteiger partial charge in [0.2, 0.25) is 0 Å². The Hall–Kier alpha value is -0.890. The Kier molecular flexibility index (Phi) is 2.79. The number of nitrogens with one attached hydrogen (secondary N) is 1. The molecule has 1 atom stereocenters. The molecule has 88 valence electrons. The molecule has 3 heteroatoms. The van der Waals surface area contributed by atoms with Crippen molar-refractivity contribution in [2.45, 2.75) is 38.6 Å². The lowest BCUT2D eigenvalue weighted by Gasteiger charge is -2.37. The van der Waals surface area contributed by atoms with Gasteiger partial charge in [-0.2, -0.15) is 0 Å². The van der Waals surface area contributed by atoms with Crippen molar-refractivity contribution in [3.05, 3.63) is 22.7 Å². The average Bonchev–Trinajstić information content (AvgIpc) is 2.17. The lowest BCUT2D eigenvalue weighted by Crippen LogP contribution is -2.36. The molecule has 1 aromatic rings. The van der Waals surface area contributed by atoms with E-state index in [0.29, 0.717) is 10.9 Å². The van der Waals surface area contributed by atoms with Crippen molar-refractivity contribution in [1.82, 2.24) is 0 Å². The summed E-state index contributed by atoms with van der Waals surface area (Å²) in [5.74, 6) is 1.26. The van der Waals surface area contributed by atoms with Crippen molar-refractivity contribution in [3.8, 4) is 5.75 Å². The fourth-order valence-corrected chi connectivity index (χ4v) is 2.78. The highest BCUT2D eigenvalue weighted by atomic mass is 35.5. The van der Waals surface area contributed by atoms with Gasteiger partial charge in [0.05, 0.1) is 12.1 Å². The van der Waals surface area contributed by atoms with E-state index in [1.807, 2.05) is 12.1 Å². The monoisotopic (exact) mass is 239 g/mol. The van der Waals surface area contributed by atoms with Crippen LogP contribution in [0.5, 0.6) is 5.75 Å². The summed E-state index contributed by atoms with van der Waals surface area (Å²) in [5.41, 5.74) is 2.56. The lowest BCUT2D eigenvalue weighted by molar-refractivity contribution is 0.412. The average molecular weight is 240 g/mol. The van der Waals surface area contributed by atoms with Gasteiger partial charge >= 0.3 is 0 Å². The van der Waals surface area contributed by atoms with Crippen LogP contribution in [0.1, 0.15) is 38.7 Å². The molecular weight excluding hydrogens is 222 g/mol. The first-order valence-corrected chi connectivity index (χ1v) is 5.96. The second-order valence-electron chi connectivity index (χ2n) is 5.19. The van der Waals surface area contributed by atoms with Gasteiger partial charge in [-0.3, -0.25) is 0 Å². The van der Waals surface area contributed by atoms with Crippen LogP contribution in [-0.2, 0) is 0 Å². The molecule has 0 spiro atoms. The van der Waals surface area contributed by atoms with Crippen molar-refractivity contribution < 1.29 is 4.74 Å². The zero-order chi connectivity index (χ0) is 11.9. The lowest BCUT2D eigenvalue weighted by atomic mass is 9.82. The topological polar surface area (TPSA) is 21.3 Å². The van der Waals surface area contributed by atoms with Gasteiger partial charge in [-0.1, -0.05) is 18.5 Å². The molecule has 0 aromatic heterocycles. The highest BCUT2D eigenvalue weighted by Crippen LogP contribution is 2.42. The molecule has 0 fully saturated rings. The Morgan fingerprint density at radius 2 is 2.12 bits per heavy atom. The molecule has 1 N–H and O–H groups in total. The molecule has 0 radical (unpaired) electrons. The van der Waals surface area contributed by atoms with E-state index in [-0.39, 0.29) is 5.54 Å². The minimum atomic E-state index is 0.130. The van der Waals surface area contributed by atoms with Crippen LogP contribution in [0.4, 0.5) is 5.69 Å². The third kappa shape index (κ3) is 1.99. The van der Waals surface area contributed by atoms with E-state index in [1.165, 1.54) is 5.56 Å². The highest BCUT2D eigenvalue weighted by molar-refractivity contribution is 6.32. The van der Waals surface area contributed by atoms with Gasteiger partial charge in [-0.25, -0.2) is 0 Å². The summed E-state index contributed by atoms with van der Waals surface area (Å²) in [7, 11) is 1.64. The van der Waals surface area contributed by atoms with Gasteiger partial charge in [0.15, 0.2) is 0 Å². The Bertz CT molecular complexity index is 415. The van der Waals surface area contributed by atoms with Gasteiger partial charge in [-0.15, -0.1) is 0 Å². The second-order valence-corrected chi connectivity index (χ2v) is 5.60. The molecule has 1 aliphatic rings. The van der Waals surface area contributed by atoms with E-state index in [1.54, 1.807) is 7.11 Å². The van der Waals surface area contributed by atoms with Crippen LogP contribution in [0, 0.1) is 0 Å². The van der Waals surface area contributed by atoms with E-state index < -0.39 is 0 Å². The highest BCUT2D eigenvalue weighted by Gasteiger charge is 2.29. The molecule has 0 saturated carbocycles. The summed E-state index contributed by atoms with van der Waals surface area (Å²) in [5, 5.41) is 4.22. The summed E-state index contributed by atoms with van der Waals surface area (Å²) < 4.78 is 5.24. The number of methoxy groups -OCH3 is 1. The molecule has 1 unspecified atom stereocenters. The molecular formula is C13H18ClNO. The van der Waals surface area contributed by atoms with Gasteiger partial charge in [0.25, 0.3) is 0 Å². The van der Waals surface area contributed by atoms with Crippen molar-refractivity contribution in [2.24, 2.45) is 0 Å². The summed E-state index contributed by atoms with van der Waals surface area (Å²) >= 11 is 6.14. The number of benzene rings is 1. The van der Waals surface area contributed by atoms with E-state index >= 15 is 0 Å². The molecule has 1 aliphatic heterocycles. The Balaban J connectivity index is 2.49. The van der Waals surface area contributed by atoms with Crippen LogP contribution >= 0.6 is 11.6 Å². The van der Waals surface area contributed by atoms with E-state index in [2.05, 4.69) is 26.1 Å². The maximum Gasteiger partial charge on any atom is 0.139 e. The summed E-state index contributed by atoms with van der Waals surface area (Å²) in [4.78, 5) is 0. The number of anilines is 1. The molecule has 0 amide bonds.